The molecule has 0 amide bonds. The summed E-state index contributed by atoms with van der Waals surface area (Å²) in [5.74, 6) is 2.32. The van der Waals surface area contributed by atoms with Gasteiger partial charge in [0.1, 0.15) is 10.8 Å². The Bertz CT molecular complexity index is 1080. The third kappa shape index (κ3) is 6.20. The standard InChI is InChI=1S/C23H23N3O3S.C3H8/c1-27-18-11-16(12-19(28-2)23(18)29-3)25-21-13-24-14-22(26-21)30-20-10-6-8-15-7-4-5-9-17(15)20;1-3-2/h5-6,8-14H,4,7H2,1-3H3,(H,25,26);3H2,1-2H3. The van der Waals surface area contributed by atoms with Crippen LogP contribution in [0, 0.1) is 0 Å². The van der Waals surface area contributed by atoms with Crippen LogP contribution in [0.3, 0.4) is 0 Å². The number of aryl methyl sites for hydroxylation is 1. The van der Waals surface area contributed by atoms with E-state index in [0.29, 0.717) is 23.1 Å². The number of benzene rings is 2. The second kappa shape index (κ2) is 12.2. The minimum atomic E-state index is 0.544. The topological polar surface area (TPSA) is 65.5 Å². The lowest BCUT2D eigenvalue weighted by Crippen LogP contribution is -2.00. The zero-order valence-electron chi connectivity index (χ0n) is 19.8. The van der Waals surface area contributed by atoms with E-state index < -0.39 is 0 Å². The highest BCUT2D eigenvalue weighted by atomic mass is 32.2. The number of hydrogen-bond donors (Lipinski definition) is 1. The predicted octanol–water partition coefficient (Wildman–Crippen LogP) is 6.77. The summed E-state index contributed by atoms with van der Waals surface area (Å²) in [6.07, 6.45) is 11.3. The molecule has 33 heavy (non-hydrogen) atoms. The maximum Gasteiger partial charge on any atom is 0.203 e. The van der Waals surface area contributed by atoms with Gasteiger partial charge in [0, 0.05) is 22.7 Å². The van der Waals surface area contributed by atoms with Gasteiger partial charge in [0.15, 0.2) is 11.5 Å². The third-order valence-corrected chi connectivity index (χ3v) is 5.77. The lowest BCUT2D eigenvalue weighted by atomic mass is 9.98. The Hall–Kier alpha value is -3.19. The van der Waals surface area contributed by atoms with Crippen LogP contribution in [0.25, 0.3) is 6.08 Å². The molecule has 0 aliphatic heterocycles. The van der Waals surface area contributed by atoms with Crippen LogP contribution in [0.4, 0.5) is 11.5 Å². The van der Waals surface area contributed by atoms with Gasteiger partial charge < -0.3 is 19.5 Å². The summed E-state index contributed by atoms with van der Waals surface area (Å²) in [6, 6.07) is 10.1. The molecule has 0 saturated carbocycles. The molecule has 0 radical (unpaired) electrons. The number of anilines is 2. The van der Waals surface area contributed by atoms with Crippen LogP contribution in [0.1, 0.15) is 37.8 Å². The van der Waals surface area contributed by atoms with Gasteiger partial charge >= 0.3 is 0 Å². The van der Waals surface area contributed by atoms with Gasteiger partial charge in [-0.05, 0) is 30.0 Å². The van der Waals surface area contributed by atoms with E-state index in [1.807, 2.05) is 12.1 Å². The molecule has 0 atom stereocenters. The molecule has 174 valence electrons. The Morgan fingerprint density at radius 2 is 1.73 bits per heavy atom. The Labute approximate surface area is 200 Å². The predicted molar refractivity (Wildman–Crippen MR) is 135 cm³/mol. The van der Waals surface area contributed by atoms with Gasteiger partial charge in [0.2, 0.25) is 5.75 Å². The molecule has 1 aliphatic carbocycles. The number of hydrogen-bond acceptors (Lipinski definition) is 7. The van der Waals surface area contributed by atoms with E-state index in [2.05, 4.69) is 54.5 Å². The molecule has 7 heteroatoms. The lowest BCUT2D eigenvalue weighted by molar-refractivity contribution is 0.324. The zero-order chi connectivity index (χ0) is 23.6. The Balaban J connectivity index is 0.000000968. The van der Waals surface area contributed by atoms with E-state index in [4.69, 9.17) is 19.2 Å². The smallest absolute Gasteiger partial charge is 0.203 e. The Morgan fingerprint density at radius 1 is 1.00 bits per heavy atom. The normalized spacial score (nSPS) is 11.7. The van der Waals surface area contributed by atoms with Crippen LogP contribution >= 0.6 is 11.8 Å². The number of rotatable bonds is 7. The number of fused-ring (bicyclic) bond motifs is 1. The van der Waals surface area contributed by atoms with Crippen molar-refractivity contribution in [2.24, 2.45) is 0 Å². The molecule has 1 N–H and O–H groups in total. The third-order valence-electron chi connectivity index (χ3n) is 4.79. The van der Waals surface area contributed by atoms with Crippen LogP contribution in [-0.2, 0) is 6.42 Å². The van der Waals surface area contributed by atoms with Gasteiger partial charge in [-0.2, -0.15) is 0 Å². The first-order chi connectivity index (χ1) is 16.1. The van der Waals surface area contributed by atoms with Gasteiger partial charge in [-0.3, -0.25) is 4.98 Å². The first-order valence-corrected chi connectivity index (χ1v) is 11.8. The SMILES string of the molecule is CCC.COc1cc(Nc2cncc(Sc3cccc4c3C=CCC4)n2)cc(OC)c1OC. The van der Waals surface area contributed by atoms with Gasteiger partial charge in [-0.1, -0.05) is 56.3 Å². The van der Waals surface area contributed by atoms with Gasteiger partial charge in [0.05, 0.1) is 33.7 Å². The molecular weight excluding hydrogens is 434 g/mol. The first-order valence-electron chi connectivity index (χ1n) is 11.0. The minimum Gasteiger partial charge on any atom is -0.493 e. The molecule has 0 bridgehead atoms. The summed E-state index contributed by atoms with van der Waals surface area (Å²) in [5.41, 5.74) is 3.42. The molecular formula is C26H31N3O3S. The van der Waals surface area contributed by atoms with E-state index >= 15 is 0 Å². The van der Waals surface area contributed by atoms with Crippen molar-refractivity contribution in [3.63, 3.8) is 0 Å². The van der Waals surface area contributed by atoms with E-state index in [9.17, 15) is 0 Å². The van der Waals surface area contributed by atoms with Gasteiger partial charge in [-0.15, -0.1) is 0 Å². The average Bonchev–Trinajstić information content (AvgIpc) is 2.84. The number of ether oxygens (including phenoxy) is 3. The van der Waals surface area contributed by atoms with Gasteiger partial charge in [-0.25, -0.2) is 4.98 Å². The molecule has 0 unspecified atom stereocenters. The first kappa shape index (κ1) is 24.5. The molecule has 0 fully saturated rings. The second-order valence-electron chi connectivity index (χ2n) is 7.36. The van der Waals surface area contributed by atoms with E-state index in [1.54, 1.807) is 45.5 Å². The number of aromatic nitrogens is 2. The summed E-state index contributed by atoms with van der Waals surface area (Å²) < 4.78 is 16.2. The van der Waals surface area contributed by atoms with Crippen molar-refractivity contribution in [1.29, 1.82) is 0 Å². The summed E-state index contributed by atoms with van der Waals surface area (Å²) >= 11 is 1.61. The van der Waals surface area contributed by atoms with Crippen molar-refractivity contribution < 1.29 is 14.2 Å². The highest BCUT2D eigenvalue weighted by Gasteiger charge is 2.14. The summed E-state index contributed by atoms with van der Waals surface area (Å²) in [4.78, 5) is 10.3. The number of methoxy groups -OCH3 is 3. The second-order valence-corrected chi connectivity index (χ2v) is 8.42. The van der Waals surface area contributed by atoms with Crippen molar-refractivity contribution >= 4 is 29.3 Å². The average molecular weight is 466 g/mol. The molecule has 1 aromatic heterocycles. The largest absolute Gasteiger partial charge is 0.493 e. The van der Waals surface area contributed by atoms with E-state index in [-0.39, 0.29) is 0 Å². The monoisotopic (exact) mass is 465 g/mol. The lowest BCUT2D eigenvalue weighted by Gasteiger charge is -2.15. The number of nitrogens with one attached hydrogen (secondary N) is 1. The minimum absolute atomic E-state index is 0.544. The molecule has 2 aromatic carbocycles. The maximum atomic E-state index is 5.42. The van der Waals surface area contributed by atoms with Crippen LogP contribution in [0.2, 0.25) is 0 Å². The highest BCUT2D eigenvalue weighted by Crippen LogP contribution is 2.40. The van der Waals surface area contributed by atoms with Crippen LogP contribution < -0.4 is 19.5 Å². The summed E-state index contributed by atoms with van der Waals surface area (Å²) in [6.45, 7) is 4.25. The fraction of sp³-hybridized carbons (Fsp3) is 0.308. The Kier molecular flexibility index (Phi) is 9.01. The molecule has 1 heterocycles. The zero-order valence-corrected chi connectivity index (χ0v) is 20.7. The molecule has 1 aliphatic rings. The van der Waals surface area contributed by atoms with Gasteiger partial charge in [0.25, 0.3) is 0 Å². The van der Waals surface area contributed by atoms with Crippen molar-refractivity contribution in [1.82, 2.24) is 9.97 Å². The molecule has 4 rings (SSSR count). The summed E-state index contributed by atoms with van der Waals surface area (Å²) in [5, 5.41) is 4.10. The quantitative estimate of drug-likeness (QED) is 0.413. The van der Waals surface area contributed by atoms with Crippen molar-refractivity contribution in [2.45, 2.75) is 43.0 Å². The Morgan fingerprint density at radius 3 is 2.39 bits per heavy atom. The van der Waals surface area contributed by atoms with Crippen molar-refractivity contribution in [3.05, 3.63) is 59.9 Å². The molecule has 6 nitrogen and oxygen atoms in total. The number of allylic oxidation sites excluding steroid dienone is 1. The van der Waals surface area contributed by atoms with E-state index in [0.717, 1.165) is 23.6 Å². The molecule has 0 spiro atoms. The van der Waals surface area contributed by atoms with Crippen LogP contribution in [-0.4, -0.2) is 31.3 Å². The van der Waals surface area contributed by atoms with E-state index in [1.165, 1.54) is 22.4 Å². The highest BCUT2D eigenvalue weighted by molar-refractivity contribution is 7.99. The fourth-order valence-electron chi connectivity index (χ4n) is 3.40. The van der Waals surface area contributed by atoms with Crippen LogP contribution in [0.15, 0.2) is 58.7 Å². The number of nitrogens with zero attached hydrogens (tertiary/aromatic N) is 2. The summed E-state index contributed by atoms with van der Waals surface area (Å²) in [7, 11) is 4.76. The van der Waals surface area contributed by atoms with Crippen LogP contribution in [0.5, 0.6) is 17.2 Å². The van der Waals surface area contributed by atoms with Crippen molar-refractivity contribution in [3.8, 4) is 17.2 Å². The molecule has 3 aromatic rings. The maximum absolute atomic E-state index is 5.42. The fourth-order valence-corrected chi connectivity index (χ4v) is 4.34. The molecule has 0 saturated heterocycles. The van der Waals surface area contributed by atoms with Crippen molar-refractivity contribution in [2.75, 3.05) is 26.6 Å².